The Morgan fingerprint density at radius 1 is 0.966 bits per heavy atom. The van der Waals surface area contributed by atoms with Crippen LogP contribution in [0.15, 0.2) is 48.5 Å². The summed E-state index contributed by atoms with van der Waals surface area (Å²) in [6.45, 7) is 0. The van der Waals surface area contributed by atoms with Crippen molar-refractivity contribution in [3.8, 4) is 0 Å². The Bertz CT molecular complexity index is 912. The number of para-hydroxylation sites is 1. The standard InChI is InChI=1S/C22H24FN3O2S/c1-26(22(29)25-20(27)16-11-5-7-13-18(16)23)19-14-8-6-12-17(19)21(28)24-15-9-3-2-4-10-15/h5-8,11-15H,2-4,9-10H2,1H3,(H,24,28)(H,25,27,29). The van der Waals surface area contributed by atoms with Crippen LogP contribution >= 0.6 is 12.2 Å². The molecule has 0 atom stereocenters. The number of anilines is 1. The van der Waals surface area contributed by atoms with Gasteiger partial charge >= 0.3 is 0 Å². The van der Waals surface area contributed by atoms with E-state index < -0.39 is 11.7 Å². The van der Waals surface area contributed by atoms with Gasteiger partial charge in [-0.1, -0.05) is 43.5 Å². The Hall–Kier alpha value is -2.80. The van der Waals surface area contributed by atoms with E-state index in [2.05, 4.69) is 10.6 Å². The van der Waals surface area contributed by atoms with Crippen molar-refractivity contribution < 1.29 is 14.0 Å². The molecule has 0 bridgehead atoms. The van der Waals surface area contributed by atoms with Crippen molar-refractivity contribution in [1.29, 1.82) is 0 Å². The van der Waals surface area contributed by atoms with E-state index in [0.29, 0.717) is 11.3 Å². The summed E-state index contributed by atoms with van der Waals surface area (Å²) in [5, 5.41) is 5.71. The summed E-state index contributed by atoms with van der Waals surface area (Å²) in [5.74, 6) is -1.42. The Balaban J connectivity index is 1.72. The number of nitrogens with one attached hydrogen (secondary N) is 2. The highest BCUT2D eigenvalue weighted by atomic mass is 32.1. The van der Waals surface area contributed by atoms with Gasteiger partial charge in [-0.15, -0.1) is 0 Å². The summed E-state index contributed by atoms with van der Waals surface area (Å²) >= 11 is 5.33. The van der Waals surface area contributed by atoms with Crippen LogP contribution in [0.2, 0.25) is 0 Å². The van der Waals surface area contributed by atoms with E-state index in [1.54, 1.807) is 42.3 Å². The SMILES string of the molecule is CN(C(=S)NC(=O)c1ccccc1F)c1ccccc1C(=O)NC1CCCCC1. The van der Waals surface area contributed by atoms with Crippen LogP contribution in [0.5, 0.6) is 0 Å². The molecular formula is C22H24FN3O2S. The fraction of sp³-hybridized carbons (Fsp3) is 0.318. The average Bonchev–Trinajstić information content (AvgIpc) is 2.74. The lowest BCUT2D eigenvalue weighted by Gasteiger charge is -2.26. The molecule has 2 aromatic carbocycles. The zero-order valence-electron chi connectivity index (χ0n) is 16.3. The van der Waals surface area contributed by atoms with Crippen LogP contribution in [0.4, 0.5) is 10.1 Å². The molecule has 5 nitrogen and oxygen atoms in total. The number of hydrogen-bond donors (Lipinski definition) is 2. The van der Waals surface area contributed by atoms with Gasteiger partial charge in [-0.25, -0.2) is 4.39 Å². The van der Waals surface area contributed by atoms with Crippen molar-refractivity contribution in [2.24, 2.45) is 0 Å². The van der Waals surface area contributed by atoms with Crippen LogP contribution in [0, 0.1) is 5.82 Å². The molecule has 1 saturated carbocycles. The molecule has 0 spiro atoms. The molecule has 7 heteroatoms. The third kappa shape index (κ3) is 5.17. The van der Waals surface area contributed by atoms with Crippen LogP contribution < -0.4 is 15.5 Å². The zero-order chi connectivity index (χ0) is 20.8. The fourth-order valence-electron chi connectivity index (χ4n) is 3.47. The number of nitrogens with zero attached hydrogens (tertiary/aromatic N) is 1. The van der Waals surface area contributed by atoms with E-state index in [1.807, 2.05) is 0 Å². The highest BCUT2D eigenvalue weighted by molar-refractivity contribution is 7.80. The third-order valence-corrected chi connectivity index (χ3v) is 5.47. The van der Waals surface area contributed by atoms with E-state index in [4.69, 9.17) is 12.2 Å². The normalized spacial score (nSPS) is 14.1. The van der Waals surface area contributed by atoms with Gasteiger partial charge in [-0.3, -0.25) is 14.9 Å². The number of thiocarbonyl (C=S) groups is 1. The van der Waals surface area contributed by atoms with Gasteiger partial charge in [-0.05, 0) is 49.3 Å². The largest absolute Gasteiger partial charge is 0.349 e. The first kappa shape index (κ1) is 20.9. The van der Waals surface area contributed by atoms with Crippen LogP contribution in [0.25, 0.3) is 0 Å². The van der Waals surface area contributed by atoms with Gasteiger partial charge in [0.1, 0.15) is 5.82 Å². The molecule has 152 valence electrons. The van der Waals surface area contributed by atoms with Crippen LogP contribution in [-0.2, 0) is 0 Å². The molecule has 0 saturated heterocycles. The molecule has 2 N–H and O–H groups in total. The quantitative estimate of drug-likeness (QED) is 0.743. The number of benzene rings is 2. The van der Waals surface area contributed by atoms with Gasteiger partial charge < -0.3 is 10.2 Å². The van der Waals surface area contributed by atoms with Crippen molar-refractivity contribution in [3.63, 3.8) is 0 Å². The summed E-state index contributed by atoms with van der Waals surface area (Å²) in [7, 11) is 1.66. The highest BCUT2D eigenvalue weighted by Gasteiger charge is 2.22. The second kappa shape index (κ2) is 9.60. The first-order valence-electron chi connectivity index (χ1n) is 9.71. The summed E-state index contributed by atoms with van der Waals surface area (Å²) in [5.41, 5.74) is 0.953. The molecule has 0 aliphatic heterocycles. The molecular weight excluding hydrogens is 389 g/mol. The minimum atomic E-state index is -0.635. The van der Waals surface area contributed by atoms with Crippen molar-refractivity contribution in [3.05, 3.63) is 65.5 Å². The van der Waals surface area contributed by atoms with Crippen molar-refractivity contribution in [2.45, 2.75) is 38.1 Å². The Labute approximate surface area is 175 Å². The van der Waals surface area contributed by atoms with Gasteiger partial charge in [0.05, 0.1) is 16.8 Å². The minimum absolute atomic E-state index is 0.0798. The number of hydrogen-bond acceptors (Lipinski definition) is 3. The summed E-state index contributed by atoms with van der Waals surface area (Å²) in [6.07, 6.45) is 5.43. The number of rotatable bonds is 4. The molecule has 0 unspecified atom stereocenters. The average molecular weight is 414 g/mol. The van der Waals surface area contributed by atoms with E-state index in [1.165, 1.54) is 24.6 Å². The molecule has 1 fully saturated rings. The molecule has 1 aliphatic carbocycles. The molecule has 2 aromatic rings. The molecule has 0 aromatic heterocycles. The first-order chi connectivity index (χ1) is 14.0. The van der Waals surface area contributed by atoms with Gasteiger partial charge in [0.2, 0.25) is 0 Å². The van der Waals surface area contributed by atoms with Crippen molar-refractivity contribution in [1.82, 2.24) is 10.6 Å². The van der Waals surface area contributed by atoms with Gasteiger partial charge in [0.25, 0.3) is 11.8 Å². The predicted octanol–water partition coefficient (Wildman–Crippen LogP) is 4.04. The van der Waals surface area contributed by atoms with Crippen LogP contribution in [0.3, 0.4) is 0 Å². The van der Waals surface area contributed by atoms with Crippen molar-refractivity contribution in [2.75, 3.05) is 11.9 Å². The van der Waals surface area contributed by atoms with Crippen molar-refractivity contribution >= 4 is 34.8 Å². The number of amides is 2. The van der Waals surface area contributed by atoms with Gasteiger partial charge in [-0.2, -0.15) is 0 Å². The fourth-order valence-corrected chi connectivity index (χ4v) is 3.66. The minimum Gasteiger partial charge on any atom is -0.349 e. The highest BCUT2D eigenvalue weighted by Crippen LogP contribution is 2.22. The summed E-state index contributed by atoms with van der Waals surface area (Å²) < 4.78 is 13.8. The zero-order valence-corrected chi connectivity index (χ0v) is 17.1. The molecule has 29 heavy (non-hydrogen) atoms. The third-order valence-electron chi connectivity index (χ3n) is 5.09. The van der Waals surface area contributed by atoms with E-state index in [9.17, 15) is 14.0 Å². The maximum atomic E-state index is 13.8. The number of carbonyl (C=O) groups is 2. The first-order valence-corrected chi connectivity index (χ1v) is 10.1. The monoisotopic (exact) mass is 413 g/mol. The lowest BCUT2D eigenvalue weighted by molar-refractivity contribution is 0.0927. The second-order valence-electron chi connectivity index (χ2n) is 7.12. The molecule has 0 radical (unpaired) electrons. The van der Waals surface area contributed by atoms with Gasteiger partial charge in [0.15, 0.2) is 5.11 Å². The maximum absolute atomic E-state index is 13.8. The smallest absolute Gasteiger partial charge is 0.260 e. The van der Waals surface area contributed by atoms with Crippen LogP contribution in [0.1, 0.15) is 52.8 Å². The molecule has 3 rings (SSSR count). The number of carbonyl (C=O) groups excluding carboxylic acids is 2. The Morgan fingerprint density at radius 3 is 2.28 bits per heavy atom. The summed E-state index contributed by atoms with van der Waals surface area (Å²) in [4.78, 5) is 26.7. The second-order valence-corrected chi connectivity index (χ2v) is 7.51. The topological polar surface area (TPSA) is 61.4 Å². The van der Waals surface area contributed by atoms with E-state index in [-0.39, 0.29) is 22.6 Å². The maximum Gasteiger partial charge on any atom is 0.260 e. The van der Waals surface area contributed by atoms with E-state index >= 15 is 0 Å². The molecule has 1 aliphatic rings. The van der Waals surface area contributed by atoms with E-state index in [0.717, 1.165) is 25.7 Å². The lowest BCUT2D eigenvalue weighted by atomic mass is 9.95. The summed E-state index contributed by atoms with van der Waals surface area (Å²) in [6, 6.07) is 12.9. The molecule has 2 amide bonds. The van der Waals surface area contributed by atoms with Crippen LogP contribution in [-0.4, -0.2) is 30.0 Å². The lowest BCUT2D eigenvalue weighted by Crippen LogP contribution is -2.42. The Morgan fingerprint density at radius 2 is 1.59 bits per heavy atom. The van der Waals surface area contributed by atoms with Gasteiger partial charge in [0, 0.05) is 13.1 Å². The Kier molecular flexibility index (Phi) is 6.93. The number of halogens is 1. The molecule has 0 heterocycles. The predicted molar refractivity (Wildman–Crippen MR) is 116 cm³/mol.